The van der Waals surface area contributed by atoms with E-state index in [0.717, 1.165) is 23.5 Å². The number of phenols is 2. The van der Waals surface area contributed by atoms with Crippen LogP contribution in [0.2, 0.25) is 0 Å². The molecule has 1 unspecified atom stereocenters. The molecule has 1 aromatic carbocycles. The van der Waals surface area contributed by atoms with E-state index in [1.165, 1.54) is 11.4 Å². The molecule has 2 aromatic rings. The molecule has 1 radical (unpaired) electrons. The molecule has 0 saturated carbocycles. The van der Waals surface area contributed by atoms with Crippen molar-refractivity contribution < 1.29 is 19.8 Å². The molecule has 0 saturated heterocycles. The van der Waals surface area contributed by atoms with Gasteiger partial charge in [-0.2, -0.15) is 0 Å². The van der Waals surface area contributed by atoms with Crippen LogP contribution >= 0.6 is 11.3 Å². The maximum atomic E-state index is 12.0. The van der Waals surface area contributed by atoms with E-state index in [9.17, 15) is 19.8 Å². The lowest BCUT2D eigenvalue weighted by Gasteiger charge is -2.13. The molecule has 9 heteroatoms. The number of nitrogens with one attached hydrogen (secondary N) is 2. The molecule has 1 atom stereocenters. The topological polar surface area (TPSA) is 149 Å². The predicted octanol–water partition coefficient (Wildman–Crippen LogP) is 0.417. The van der Waals surface area contributed by atoms with Gasteiger partial charge < -0.3 is 21.3 Å². The van der Waals surface area contributed by atoms with Crippen molar-refractivity contribution in [1.29, 1.82) is 0 Å². The lowest BCUT2D eigenvalue weighted by Crippen LogP contribution is -2.34. The van der Waals surface area contributed by atoms with E-state index in [2.05, 4.69) is 10.3 Å². The minimum atomic E-state index is -1.25. The average Bonchev–Trinajstić information content (AvgIpc) is 2.84. The molecule has 0 bridgehead atoms. The highest BCUT2D eigenvalue weighted by molar-refractivity contribution is 7.13. The molecule has 0 aliphatic carbocycles. The number of aromatic hydroxyl groups is 2. The number of carbonyl (C=O) groups is 2. The van der Waals surface area contributed by atoms with Gasteiger partial charge in [0.1, 0.15) is 0 Å². The molecular weight excluding hydrogens is 296 g/mol. The summed E-state index contributed by atoms with van der Waals surface area (Å²) in [5, 5.41) is 22.6. The lowest BCUT2D eigenvalue weighted by molar-refractivity contribution is -0.120. The summed E-state index contributed by atoms with van der Waals surface area (Å²) >= 11 is 1.08. The number of nitrogens with zero attached hydrogens (tertiary/aromatic N) is 1. The Labute approximate surface area is 123 Å². The first kappa shape index (κ1) is 14.6. The standard InChI is InChI=1S/C12H11N4O4S/c13-10(19)9(6-4-21-12(14)15-6)16-11(20)5-1-2-7(17)8(18)3-5/h1-4,9,13,17-18H,(H2,14,15)(H,16,20). The highest BCUT2D eigenvalue weighted by atomic mass is 32.1. The Balaban J connectivity index is 2.22. The van der Waals surface area contributed by atoms with Crippen molar-refractivity contribution in [2.45, 2.75) is 6.04 Å². The third-order valence-electron chi connectivity index (χ3n) is 2.61. The number of amides is 2. The van der Waals surface area contributed by atoms with Crippen molar-refractivity contribution in [3.63, 3.8) is 0 Å². The van der Waals surface area contributed by atoms with E-state index < -0.39 is 23.6 Å². The van der Waals surface area contributed by atoms with E-state index in [-0.39, 0.29) is 22.1 Å². The smallest absolute Gasteiger partial charge is 0.267 e. The summed E-state index contributed by atoms with van der Waals surface area (Å²) in [4.78, 5) is 27.2. The van der Waals surface area contributed by atoms with Crippen LogP contribution in [0, 0.1) is 0 Å². The SMILES string of the molecule is [NH]C(=O)C(NC(=O)c1ccc(O)c(O)c1)c1csc(N)n1. The van der Waals surface area contributed by atoms with Crippen molar-refractivity contribution in [2.75, 3.05) is 5.73 Å². The third kappa shape index (κ3) is 3.20. The summed E-state index contributed by atoms with van der Waals surface area (Å²) in [7, 11) is 0. The van der Waals surface area contributed by atoms with Crippen LogP contribution in [-0.4, -0.2) is 27.0 Å². The normalized spacial score (nSPS) is 11.8. The first-order valence-electron chi connectivity index (χ1n) is 5.67. The number of carbonyl (C=O) groups excluding carboxylic acids is 2. The van der Waals surface area contributed by atoms with Crippen LogP contribution < -0.4 is 16.8 Å². The van der Waals surface area contributed by atoms with E-state index in [1.807, 2.05) is 0 Å². The van der Waals surface area contributed by atoms with Gasteiger partial charge >= 0.3 is 0 Å². The number of hydrogen-bond acceptors (Lipinski definition) is 7. The quantitative estimate of drug-likeness (QED) is 0.601. The molecule has 6 N–H and O–H groups in total. The van der Waals surface area contributed by atoms with E-state index in [0.29, 0.717) is 0 Å². The molecule has 0 fully saturated rings. The summed E-state index contributed by atoms with van der Waals surface area (Å²) in [6.45, 7) is 0. The molecule has 8 nitrogen and oxygen atoms in total. The minimum absolute atomic E-state index is 0.0275. The van der Waals surface area contributed by atoms with Gasteiger partial charge in [-0.05, 0) is 18.2 Å². The molecule has 1 heterocycles. The Morgan fingerprint density at radius 2 is 2.05 bits per heavy atom. The number of aromatic nitrogens is 1. The molecular formula is C12H11N4O4S. The lowest BCUT2D eigenvalue weighted by atomic mass is 10.1. The van der Waals surface area contributed by atoms with Crippen LogP contribution in [0.3, 0.4) is 0 Å². The number of nitrogens with two attached hydrogens (primary N) is 1. The molecule has 0 spiro atoms. The van der Waals surface area contributed by atoms with Crippen molar-refractivity contribution in [2.24, 2.45) is 0 Å². The molecule has 2 rings (SSSR count). The van der Waals surface area contributed by atoms with E-state index in [1.54, 1.807) is 0 Å². The maximum absolute atomic E-state index is 12.0. The molecule has 1 aromatic heterocycles. The Morgan fingerprint density at radius 3 is 2.57 bits per heavy atom. The minimum Gasteiger partial charge on any atom is -0.504 e. The van der Waals surface area contributed by atoms with E-state index >= 15 is 0 Å². The van der Waals surface area contributed by atoms with Gasteiger partial charge in [-0.1, -0.05) is 0 Å². The number of phenolic OH excluding ortho intramolecular Hbond substituents is 2. The van der Waals surface area contributed by atoms with Gasteiger partial charge in [0.2, 0.25) is 0 Å². The van der Waals surface area contributed by atoms with Gasteiger partial charge in [-0.15, -0.1) is 11.3 Å². The Morgan fingerprint density at radius 1 is 1.33 bits per heavy atom. The second-order valence-electron chi connectivity index (χ2n) is 4.08. The van der Waals surface area contributed by atoms with Crippen LogP contribution in [0.25, 0.3) is 0 Å². The fourth-order valence-corrected chi connectivity index (χ4v) is 2.17. The largest absolute Gasteiger partial charge is 0.504 e. The molecule has 21 heavy (non-hydrogen) atoms. The van der Waals surface area contributed by atoms with Crippen molar-refractivity contribution in [1.82, 2.24) is 16.0 Å². The summed E-state index contributed by atoms with van der Waals surface area (Å²) in [5.74, 6) is -2.57. The monoisotopic (exact) mass is 307 g/mol. The Kier molecular flexibility index (Phi) is 3.94. The van der Waals surface area contributed by atoms with Gasteiger partial charge in [-0.3, -0.25) is 15.3 Å². The zero-order valence-electron chi connectivity index (χ0n) is 10.5. The fourth-order valence-electron chi connectivity index (χ4n) is 1.59. The number of anilines is 1. The van der Waals surface area contributed by atoms with E-state index in [4.69, 9.17) is 11.5 Å². The first-order chi connectivity index (χ1) is 9.88. The molecule has 0 aliphatic rings. The zero-order valence-corrected chi connectivity index (χ0v) is 11.3. The van der Waals surface area contributed by atoms with Gasteiger partial charge in [0.05, 0.1) is 5.69 Å². The Bertz CT molecular complexity index is 700. The zero-order chi connectivity index (χ0) is 15.6. The van der Waals surface area contributed by atoms with Crippen LogP contribution in [0.4, 0.5) is 5.13 Å². The predicted molar refractivity (Wildman–Crippen MR) is 74.6 cm³/mol. The van der Waals surface area contributed by atoms with Gasteiger partial charge in [0, 0.05) is 10.9 Å². The van der Waals surface area contributed by atoms with Crippen molar-refractivity contribution >= 4 is 28.3 Å². The van der Waals surface area contributed by atoms with Gasteiger partial charge in [-0.25, -0.2) is 4.98 Å². The number of hydrogen-bond donors (Lipinski definition) is 4. The van der Waals surface area contributed by atoms with Crippen LogP contribution in [0.1, 0.15) is 22.1 Å². The van der Waals surface area contributed by atoms with Gasteiger partial charge in [0.15, 0.2) is 22.7 Å². The summed E-state index contributed by atoms with van der Waals surface area (Å²) in [6, 6.07) is 2.21. The molecule has 0 aliphatic heterocycles. The number of nitrogen functional groups attached to an aromatic ring is 1. The maximum Gasteiger partial charge on any atom is 0.267 e. The molecule has 109 valence electrons. The summed E-state index contributed by atoms with van der Waals surface area (Å²) in [6.07, 6.45) is 0. The van der Waals surface area contributed by atoms with Crippen LogP contribution in [0.15, 0.2) is 23.6 Å². The van der Waals surface area contributed by atoms with Crippen LogP contribution in [-0.2, 0) is 4.79 Å². The summed E-state index contributed by atoms with van der Waals surface area (Å²) in [5.41, 5.74) is 12.9. The van der Waals surface area contributed by atoms with Gasteiger partial charge in [0.25, 0.3) is 11.8 Å². The first-order valence-corrected chi connectivity index (χ1v) is 6.55. The fraction of sp³-hybridized carbons (Fsp3) is 0.0833. The second kappa shape index (κ2) is 5.67. The average molecular weight is 307 g/mol. The summed E-state index contributed by atoms with van der Waals surface area (Å²) < 4.78 is 0. The van der Waals surface area contributed by atoms with Crippen LogP contribution in [0.5, 0.6) is 11.5 Å². The highest BCUT2D eigenvalue weighted by Gasteiger charge is 2.24. The Hall–Kier alpha value is -2.81. The molecule has 2 amide bonds. The third-order valence-corrected chi connectivity index (χ3v) is 3.30. The van der Waals surface area contributed by atoms with Crippen molar-refractivity contribution in [3.05, 3.63) is 34.8 Å². The number of rotatable bonds is 4. The highest BCUT2D eigenvalue weighted by Crippen LogP contribution is 2.25. The van der Waals surface area contributed by atoms with Crippen molar-refractivity contribution in [3.8, 4) is 11.5 Å². The number of thiazole rings is 1. The second-order valence-corrected chi connectivity index (χ2v) is 4.97. The number of benzene rings is 1.